The zero-order valence-corrected chi connectivity index (χ0v) is 29.7. The smallest absolute Gasteiger partial charge is 0.238 e. The van der Waals surface area contributed by atoms with Crippen LogP contribution in [0.3, 0.4) is 0 Å². The molecule has 256 valence electrons. The summed E-state index contributed by atoms with van der Waals surface area (Å²) >= 11 is 12.1. The number of aromatic nitrogens is 2. The molecule has 2 fully saturated rings. The Morgan fingerprint density at radius 3 is 1.33 bits per heavy atom. The molecule has 4 aliphatic rings. The molecule has 2 spiro atoms. The van der Waals surface area contributed by atoms with Crippen LogP contribution < -0.4 is 9.80 Å². The summed E-state index contributed by atoms with van der Waals surface area (Å²) in [5.41, 5.74) is 7.94. The number of halogens is 2. The number of amides is 2. The monoisotopic (exact) mass is 720 g/mol. The molecule has 2 aliphatic carbocycles. The zero-order chi connectivity index (χ0) is 35.5. The molecule has 4 aromatic carbocycles. The van der Waals surface area contributed by atoms with Crippen molar-refractivity contribution in [2.45, 2.75) is 48.6 Å². The van der Waals surface area contributed by atoms with E-state index in [0.717, 1.165) is 56.5 Å². The Morgan fingerprint density at radius 2 is 0.942 bits per heavy atom. The van der Waals surface area contributed by atoms with Gasteiger partial charge in [-0.1, -0.05) is 96.0 Å². The molecule has 2 aromatic heterocycles. The first-order valence-electron chi connectivity index (χ1n) is 17.5. The van der Waals surface area contributed by atoms with E-state index in [2.05, 4.69) is 34.2 Å². The lowest BCUT2D eigenvalue weighted by atomic mass is 9.92. The second-order valence-corrected chi connectivity index (χ2v) is 15.0. The highest BCUT2D eigenvalue weighted by atomic mass is 35.5. The summed E-state index contributed by atoms with van der Waals surface area (Å²) in [6, 6.07) is 40.0. The van der Waals surface area contributed by atoms with Crippen LogP contribution in [0.15, 0.2) is 146 Å². The van der Waals surface area contributed by atoms with Crippen LogP contribution in [0.4, 0.5) is 11.4 Å². The molecule has 4 atom stereocenters. The van der Waals surface area contributed by atoms with Crippen molar-refractivity contribution in [3.63, 3.8) is 0 Å². The fourth-order valence-electron chi connectivity index (χ4n) is 8.55. The van der Waals surface area contributed by atoms with E-state index in [1.54, 1.807) is 12.4 Å². The number of carbonyl (C=O) groups is 2. The van der Waals surface area contributed by atoms with Crippen molar-refractivity contribution in [1.29, 1.82) is 0 Å². The van der Waals surface area contributed by atoms with Gasteiger partial charge in [0.15, 0.2) is 0 Å². The molecule has 6 aromatic rings. The number of hydrogen-bond donors (Lipinski definition) is 0. The van der Waals surface area contributed by atoms with E-state index in [1.807, 2.05) is 119 Å². The van der Waals surface area contributed by atoms with Crippen LogP contribution in [0.5, 0.6) is 0 Å². The molecule has 8 heteroatoms. The average Bonchev–Trinajstić information content (AvgIpc) is 4.09. The molecule has 2 aliphatic heterocycles. The summed E-state index contributed by atoms with van der Waals surface area (Å²) in [5, 5.41) is 1.44. The van der Waals surface area contributed by atoms with Gasteiger partial charge in [0.1, 0.15) is 0 Å². The van der Waals surface area contributed by atoms with E-state index in [9.17, 15) is 9.59 Å². The largest absolute Gasteiger partial charge is 0.307 e. The van der Waals surface area contributed by atoms with Crippen molar-refractivity contribution in [3.8, 4) is 0 Å². The summed E-state index contributed by atoms with van der Waals surface area (Å²) in [4.78, 5) is 39.2. The standard InChI is InChI=1S/2C22H17ClN2O/c2*23-17-9-7-16(8-10-17)19-12-22(19)18-5-1-2-6-20(18)25(21(22)26)14-15-4-3-11-24-13-15/h2*1-11,13,19H,12,14H2/t2*19-,22-/m10/s1. The van der Waals surface area contributed by atoms with Gasteiger partial charge in [0.05, 0.1) is 23.9 Å². The predicted molar refractivity (Wildman–Crippen MR) is 205 cm³/mol. The molecule has 2 amide bonds. The Labute approximate surface area is 312 Å². The number of benzene rings is 4. The molecule has 0 radical (unpaired) electrons. The highest BCUT2D eigenvalue weighted by molar-refractivity contribution is 6.30. The third-order valence-corrected chi connectivity index (χ3v) is 11.7. The minimum absolute atomic E-state index is 0.197. The molecular weight excluding hydrogens is 687 g/mol. The Morgan fingerprint density at radius 1 is 0.538 bits per heavy atom. The van der Waals surface area contributed by atoms with E-state index >= 15 is 0 Å². The molecule has 0 saturated heterocycles. The number of pyridine rings is 2. The van der Waals surface area contributed by atoms with Gasteiger partial charge in [-0.25, -0.2) is 0 Å². The highest BCUT2D eigenvalue weighted by Gasteiger charge is 2.68. The first kappa shape index (κ1) is 32.6. The van der Waals surface area contributed by atoms with Crippen LogP contribution >= 0.6 is 23.2 Å². The average molecular weight is 722 g/mol. The molecule has 6 nitrogen and oxygen atoms in total. The fraction of sp³-hybridized carbons (Fsp3) is 0.182. The lowest BCUT2D eigenvalue weighted by molar-refractivity contribution is -0.121. The molecule has 2 saturated carbocycles. The van der Waals surface area contributed by atoms with Crippen molar-refractivity contribution >= 4 is 46.4 Å². The Balaban J connectivity index is 0.000000138. The summed E-state index contributed by atoms with van der Waals surface area (Å²) in [6.07, 6.45) is 8.86. The van der Waals surface area contributed by atoms with Gasteiger partial charge in [0.2, 0.25) is 11.8 Å². The Bertz CT molecular complexity index is 2140. The third kappa shape index (κ3) is 5.32. The van der Waals surface area contributed by atoms with Gasteiger partial charge in [-0.2, -0.15) is 0 Å². The van der Waals surface area contributed by atoms with Crippen molar-refractivity contribution in [2.24, 2.45) is 0 Å². The number of anilines is 2. The highest BCUT2D eigenvalue weighted by Crippen LogP contribution is 2.67. The van der Waals surface area contributed by atoms with Crippen LogP contribution in [0, 0.1) is 0 Å². The van der Waals surface area contributed by atoms with E-state index in [4.69, 9.17) is 23.2 Å². The maximum Gasteiger partial charge on any atom is 0.238 e. The van der Waals surface area contributed by atoms with Gasteiger partial charge in [0.25, 0.3) is 0 Å². The van der Waals surface area contributed by atoms with Crippen LogP contribution in [0.1, 0.15) is 58.1 Å². The number of nitrogens with zero attached hydrogens (tertiary/aromatic N) is 4. The SMILES string of the molecule is O=C1N(Cc2cccnc2)c2ccccc2[C@@]12C[C@@H]2c1ccc(Cl)cc1.O=C1N(Cc2cccnc2)c2ccccc2[C@]12C[C@H]2c1ccc(Cl)cc1. The van der Waals surface area contributed by atoms with E-state index in [0.29, 0.717) is 13.1 Å². The number of rotatable bonds is 6. The number of para-hydroxylation sites is 2. The van der Waals surface area contributed by atoms with E-state index in [1.165, 1.54) is 11.1 Å². The maximum atomic E-state index is 13.5. The first-order valence-corrected chi connectivity index (χ1v) is 18.3. The van der Waals surface area contributed by atoms with Crippen molar-refractivity contribution in [3.05, 3.63) is 190 Å². The molecule has 10 rings (SSSR count). The second-order valence-electron chi connectivity index (χ2n) is 14.1. The van der Waals surface area contributed by atoms with Crippen molar-refractivity contribution in [2.75, 3.05) is 9.80 Å². The molecular formula is C44H34Cl2N4O2. The quantitative estimate of drug-likeness (QED) is 0.172. The minimum atomic E-state index is -0.424. The van der Waals surface area contributed by atoms with Gasteiger partial charge in [-0.15, -0.1) is 0 Å². The fourth-order valence-corrected chi connectivity index (χ4v) is 8.81. The van der Waals surface area contributed by atoms with Crippen LogP contribution in [-0.2, 0) is 33.5 Å². The topological polar surface area (TPSA) is 66.4 Å². The van der Waals surface area contributed by atoms with Gasteiger partial charge in [-0.3, -0.25) is 19.6 Å². The summed E-state index contributed by atoms with van der Waals surface area (Å²) in [6.45, 7) is 1.11. The number of carbonyl (C=O) groups excluding carboxylic acids is 2. The molecule has 0 unspecified atom stereocenters. The summed E-state index contributed by atoms with van der Waals surface area (Å²) in [5.74, 6) is 0.824. The molecule has 4 heterocycles. The summed E-state index contributed by atoms with van der Waals surface area (Å²) in [7, 11) is 0. The van der Waals surface area contributed by atoms with Gasteiger partial charge in [0, 0.05) is 58.0 Å². The summed E-state index contributed by atoms with van der Waals surface area (Å²) < 4.78 is 0. The molecule has 52 heavy (non-hydrogen) atoms. The number of fused-ring (bicyclic) bond motifs is 4. The lowest BCUT2D eigenvalue weighted by Crippen LogP contribution is -2.32. The van der Waals surface area contributed by atoms with Crippen LogP contribution in [0.25, 0.3) is 0 Å². The van der Waals surface area contributed by atoms with Gasteiger partial charge >= 0.3 is 0 Å². The lowest BCUT2D eigenvalue weighted by Gasteiger charge is -2.18. The van der Waals surface area contributed by atoms with E-state index in [-0.39, 0.29) is 23.7 Å². The normalized spacial score (nSPS) is 23.3. The Hall–Kier alpha value is -5.30. The first-order chi connectivity index (χ1) is 25.4. The predicted octanol–water partition coefficient (Wildman–Crippen LogP) is 9.41. The van der Waals surface area contributed by atoms with Crippen LogP contribution in [-0.4, -0.2) is 21.8 Å². The molecule has 0 N–H and O–H groups in total. The number of hydrogen-bond acceptors (Lipinski definition) is 4. The van der Waals surface area contributed by atoms with E-state index < -0.39 is 10.8 Å². The minimum Gasteiger partial charge on any atom is -0.307 e. The maximum absolute atomic E-state index is 13.5. The van der Waals surface area contributed by atoms with Gasteiger partial charge < -0.3 is 9.80 Å². The third-order valence-electron chi connectivity index (χ3n) is 11.2. The molecule has 0 bridgehead atoms. The van der Waals surface area contributed by atoms with Crippen LogP contribution in [0.2, 0.25) is 10.0 Å². The van der Waals surface area contributed by atoms with Crippen molar-refractivity contribution < 1.29 is 9.59 Å². The second kappa shape index (κ2) is 12.7. The van der Waals surface area contributed by atoms with Gasteiger partial charge in [-0.05, 0) is 94.8 Å². The zero-order valence-electron chi connectivity index (χ0n) is 28.2. The van der Waals surface area contributed by atoms with Crippen molar-refractivity contribution in [1.82, 2.24) is 9.97 Å². The Kier molecular flexibility index (Phi) is 7.98.